The molecule has 0 aliphatic heterocycles. The Morgan fingerprint density at radius 3 is 2.43 bits per heavy atom. The van der Waals surface area contributed by atoms with Gasteiger partial charge in [0.15, 0.2) is 0 Å². The minimum atomic E-state index is -1.15. The summed E-state index contributed by atoms with van der Waals surface area (Å²) in [5, 5.41) is 22.8. The second-order valence-corrected chi connectivity index (χ2v) is 5.03. The summed E-state index contributed by atoms with van der Waals surface area (Å²) in [4.78, 5) is 22.5. The molecule has 0 fully saturated rings. The number of carbonyl (C=O) groups is 1. The molecule has 0 bridgehead atoms. The van der Waals surface area contributed by atoms with Crippen LogP contribution < -0.4 is 5.32 Å². The van der Waals surface area contributed by atoms with Gasteiger partial charge in [0.1, 0.15) is 0 Å². The molecule has 0 atom stereocenters. The average Bonchev–Trinajstić information content (AvgIpc) is 2.47. The van der Waals surface area contributed by atoms with Crippen LogP contribution in [0, 0.1) is 10.1 Å². The molecule has 108 valence electrons. The van der Waals surface area contributed by atoms with Crippen molar-refractivity contribution in [3.63, 3.8) is 0 Å². The number of carboxylic acid groups (broad SMARTS) is 1. The Kier molecular flexibility index (Phi) is 4.44. The third-order valence-corrected chi connectivity index (χ3v) is 3.56. The predicted octanol–water partition coefficient (Wildman–Crippen LogP) is 3.76. The van der Waals surface area contributed by atoms with E-state index in [1.807, 2.05) is 18.4 Å². The molecule has 0 heterocycles. The summed E-state index contributed by atoms with van der Waals surface area (Å²) in [6, 6.07) is 10.9. The smallest absolute Gasteiger partial charge is 0.337 e. The molecule has 2 aromatic rings. The van der Waals surface area contributed by atoms with Crippen molar-refractivity contribution in [3.05, 3.63) is 58.1 Å². The van der Waals surface area contributed by atoms with Crippen LogP contribution in [-0.2, 0) is 0 Å². The van der Waals surface area contributed by atoms with E-state index in [0.717, 1.165) is 4.90 Å². The minimum Gasteiger partial charge on any atom is -0.478 e. The molecule has 21 heavy (non-hydrogen) atoms. The quantitative estimate of drug-likeness (QED) is 0.496. The molecule has 0 aromatic heterocycles. The van der Waals surface area contributed by atoms with E-state index in [1.54, 1.807) is 23.9 Å². The minimum absolute atomic E-state index is 0.0189. The summed E-state index contributed by atoms with van der Waals surface area (Å²) in [5.41, 5.74) is 0.669. The maximum absolute atomic E-state index is 11.2. The second-order valence-electron chi connectivity index (χ2n) is 4.15. The fourth-order valence-electron chi connectivity index (χ4n) is 1.77. The lowest BCUT2D eigenvalue weighted by molar-refractivity contribution is -0.384. The molecule has 0 unspecified atom stereocenters. The first-order valence-electron chi connectivity index (χ1n) is 5.94. The van der Waals surface area contributed by atoms with E-state index in [2.05, 4.69) is 5.32 Å². The van der Waals surface area contributed by atoms with Gasteiger partial charge in [0.25, 0.3) is 5.69 Å². The number of benzene rings is 2. The van der Waals surface area contributed by atoms with E-state index in [0.29, 0.717) is 5.69 Å². The van der Waals surface area contributed by atoms with Crippen molar-refractivity contribution in [3.8, 4) is 0 Å². The third kappa shape index (κ3) is 3.51. The summed E-state index contributed by atoms with van der Waals surface area (Å²) in [6.45, 7) is 0. The first kappa shape index (κ1) is 14.9. The molecule has 0 aliphatic rings. The highest BCUT2D eigenvalue weighted by atomic mass is 32.2. The fourth-order valence-corrected chi connectivity index (χ4v) is 2.17. The topological polar surface area (TPSA) is 92.5 Å². The monoisotopic (exact) mass is 304 g/mol. The van der Waals surface area contributed by atoms with Crippen LogP contribution in [0.1, 0.15) is 10.4 Å². The summed E-state index contributed by atoms with van der Waals surface area (Å²) in [5.74, 6) is -1.15. The van der Waals surface area contributed by atoms with Gasteiger partial charge in [-0.05, 0) is 36.6 Å². The lowest BCUT2D eigenvalue weighted by Gasteiger charge is -2.10. The molecular weight excluding hydrogens is 292 g/mol. The molecule has 2 rings (SSSR count). The van der Waals surface area contributed by atoms with Gasteiger partial charge in [-0.2, -0.15) is 0 Å². The highest BCUT2D eigenvalue weighted by molar-refractivity contribution is 7.98. The van der Waals surface area contributed by atoms with Gasteiger partial charge in [0, 0.05) is 22.7 Å². The van der Waals surface area contributed by atoms with Crippen LogP contribution in [0.15, 0.2) is 47.4 Å². The van der Waals surface area contributed by atoms with Crippen LogP contribution in [-0.4, -0.2) is 22.3 Å². The Labute approximate surface area is 125 Å². The molecule has 0 radical (unpaired) electrons. The van der Waals surface area contributed by atoms with E-state index in [4.69, 9.17) is 5.11 Å². The lowest BCUT2D eigenvalue weighted by Crippen LogP contribution is -2.03. The molecule has 0 spiro atoms. The van der Waals surface area contributed by atoms with Crippen LogP contribution in [0.4, 0.5) is 17.1 Å². The van der Waals surface area contributed by atoms with Gasteiger partial charge in [-0.3, -0.25) is 10.1 Å². The standard InChI is InChI=1S/C14H12N2O4S/c1-21-11-5-2-9(3-6-11)15-13-8-10(16(19)20)4-7-12(13)14(17)18/h2-8,15H,1H3,(H,17,18). The van der Waals surface area contributed by atoms with E-state index in [1.165, 1.54) is 18.2 Å². The number of nitro groups is 1. The van der Waals surface area contributed by atoms with Crippen molar-refractivity contribution < 1.29 is 14.8 Å². The molecule has 0 saturated heterocycles. The Balaban J connectivity index is 2.37. The van der Waals surface area contributed by atoms with Crippen LogP contribution >= 0.6 is 11.8 Å². The van der Waals surface area contributed by atoms with Gasteiger partial charge in [-0.15, -0.1) is 11.8 Å². The molecule has 2 aromatic carbocycles. The number of anilines is 2. The summed E-state index contributed by atoms with van der Waals surface area (Å²) >= 11 is 1.59. The van der Waals surface area contributed by atoms with Crippen LogP contribution in [0.3, 0.4) is 0 Å². The predicted molar refractivity (Wildman–Crippen MR) is 81.6 cm³/mol. The highest BCUT2D eigenvalue weighted by Gasteiger charge is 2.15. The third-order valence-electron chi connectivity index (χ3n) is 2.81. The fraction of sp³-hybridized carbons (Fsp3) is 0.0714. The number of hydrogen-bond acceptors (Lipinski definition) is 5. The van der Waals surface area contributed by atoms with Gasteiger partial charge in [-0.25, -0.2) is 4.79 Å². The van der Waals surface area contributed by atoms with Gasteiger partial charge in [0.05, 0.1) is 16.2 Å². The summed E-state index contributed by atoms with van der Waals surface area (Å²) in [6.07, 6.45) is 1.95. The Hall–Kier alpha value is -2.54. The maximum Gasteiger partial charge on any atom is 0.337 e. The molecule has 2 N–H and O–H groups in total. The molecule has 7 heteroatoms. The average molecular weight is 304 g/mol. The Morgan fingerprint density at radius 2 is 1.90 bits per heavy atom. The van der Waals surface area contributed by atoms with Gasteiger partial charge in [0.2, 0.25) is 0 Å². The normalized spacial score (nSPS) is 10.1. The van der Waals surface area contributed by atoms with Crippen molar-refractivity contribution in [2.24, 2.45) is 0 Å². The van der Waals surface area contributed by atoms with Crippen molar-refractivity contribution >= 4 is 34.8 Å². The number of carboxylic acids is 1. The first-order chi connectivity index (χ1) is 10.0. The molecule has 0 amide bonds. The number of hydrogen-bond donors (Lipinski definition) is 2. The van der Waals surface area contributed by atoms with E-state index in [-0.39, 0.29) is 16.9 Å². The zero-order chi connectivity index (χ0) is 15.4. The van der Waals surface area contributed by atoms with E-state index >= 15 is 0 Å². The number of aromatic carboxylic acids is 1. The van der Waals surface area contributed by atoms with Crippen LogP contribution in [0.5, 0.6) is 0 Å². The van der Waals surface area contributed by atoms with Gasteiger partial charge < -0.3 is 10.4 Å². The van der Waals surface area contributed by atoms with Crippen LogP contribution in [0.2, 0.25) is 0 Å². The number of nitro benzene ring substituents is 1. The Bertz CT molecular complexity index is 686. The molecule has 0 saturated carbocycles. The zero-order valence-electron chi connectivity index (χ0n) is 11.1. The first-order valence-corrected chi connectivity index (χ1v) is 7.16. The summed E-state index contributed by atoms with van der Waals surface area (Å²) in [7, 11) is 0. The number of thioether (sulfide) groups is 1. The van der Waals surface area contributed by atoms with Crippen molar-refractivity contribution in [2.45, 2.75) is 4.90 Å². The zero-order valence-corrected chi connectivity index (χ0v) is 11.9. The van der Waals surface area contributed by atoms with Crippen LogP contribution in [0.25, 0.3) is 0 Å². The second kappa shape index (κ2) is 6.27. The molecule has 6 nitrogen and oxygen atoms in total. The number of rotatable bonds is 5. The molecular formula is C14H12N2O4S. The van der Waals surface area contributed by atoms with E-state index < -0.39 is 10.9 Å². The maximum atomic E-state index is 11.2. The van der Waals surface area contributed by atoms with Gasteiger partial charge in [-0.1, -0.05) is 0 Å². The van der Waals surface area contributed by atoms with E-state index in [9.17, 15) is 14.9 Å². The number of nitrogens with one attached hydrogen (secondary N) is 1. The van der Waals surface area contributed by atoms with Gasteiger partial charge >= 0.3 is 5.97 Å². The molecule has 0 aliphatic carbocycles. The van der Waals surface area contributed by atoms with Crippen molar-refractivity contribution in [2.75, 3.05) is 11.6 Å². The largest absolute Gasteiger partial charge is 0.478 e. The lowest BCUT2D eigenvalue weighted by atomic mass is 10.1. The van der Waals surface area contributed by atoms with Crippen molar-refractivity contribution in [1.29, 1.82) is 0 Å². The SMILES string of the molecule is CSc1ccc(Nc2cc([N+](=O)[O-])ccc2C(=O)O)cc1. The van der Waals surface area contributed by atoms with Crippen molar-refractivity contribution in [1.82, 2.24) is 0 Å². The number of non-ortho nitro benzene ring substituents is 1. The highest BCUT2D eigenvalue weighted by Crippen LogP contribution is 2.27. The number of nitrogens with zero attached hydrogens (tertiary/aromatic N) is 1. The summed E-state index contributed by atoms with van der Waals surface area (Å²) < 4.78 is 0. The Morgan fingerprint density at radius 1 is 1.24 bits per heavy atom.